The van der Waals surface area contributed by atoms with Crippen molar-refractivity contribution >= 4 is 11.6 Å². The van der Waals surface area contributed by atoms with E-state index in [2.05, 4.69) is 17.4 Å². The molecule has 0 saturated heterocycles. The minimum atomic E-state index is -0.217. The molecule has 0 bridgehead atoms. The molecule has 0 saturated carbocycles. The first-order chi connectivity index (χ1) is 11.2. The van der Waals surface area contributed by atoms with E-state index in [1.165, 1.54) is 5.56 Å². The lowest BCUT2D eigenvalue weighted by Gasteiger charge is -2.12. The van der Waals surface area contributed by atoms with Gasteiger partial charge in [-0.1, -0.05) is 48.5 Å². The predicted molar refractivity (Wildman–Crippen MR) is 90.7 cm³/mol. The van der Waals surface area contributed by atoms with E-state index in [0.717, 1.165) is 16.7 Å². The van der Waals surface area contributed by atoms with Gasteiger partial charge in [-0.3, -0.25) is 4.79 Å². The third-order valence-electron chi connectivity index (χ3n) is 4.24. The Labute approximate surface area is 134 Å². The van der Waals surface area contributed by atoms with Crippen molar-refractivity contribution in [2.75, 3.05) is 5.32 Å². The van der Waals surface area contributed by atoms with Crippen LogP contribution in [0.1, 0.15) is 21.5 Å². The lowest BCUT2D eigenvalue weighted by atomic mass is 10.0. The highest BCUT2D eigenvalue weighted by molar-refractivity contribution is 6.06. The average Bonchev–Trinajstić information content (AvgIpc) is 2.97. The van der Waals surface area contributed by atoms with Crippen LogP contribution in [0.2, 0.25) is 0 Å². The van der Waals surface area contributed by atoms with E-state index in [-0.39, 0.29) is 11.7 Å². The van der Waals surface area contributed by atoms with E-state index in [1.54, 1.807) is 18.2 Å². The minimum absolute atomic E-state index is 0.0980. The van der Waals surface area contributed by atoms with Crippen molar-refractivity contribution in [3.63, 3.8) is 0 Å². The van der Waals surface area contributed by atoms with Gasteiger partial charge in [0.15, 0.2) is 0 Å². The van der Waals surface area contributed by atoms with Crippen molar-refractivity contribution in [1.82, 2.24) is 0 Å². The maximum atomic E-state index is 12.4. The van der Waals surface area contributed by atoms with Crippen molar-refractivity contribution in [2.24, 2.45) is 0 Å². The average molecular weight is 301 g/mol. The Morgan fingerprint density at radius 2 is 1.61 bits per heavy atom. The van der Waals surface area contributed by atoms with E-state index in [1.807, 2.05) is 36.4 Å². The first-order valence-electron chi connectivity index (χ1n) is 7.53. The van der Waals surface area contributed by atoms with Crippen LogP contribution in [0, 0.1) is 0 Å². The molecule has 0 heterocycles. The van der Waals surface area contributed by atoms with Crippen molar-refractivity contribution in [1.29, 1.82) is 0 Å². The molecule has 0 fully saturated rings. The number of hydrogen-bond acceptors (Lipinski definition) is 2. The number of hydrogen-bond donors (Lipinski definition) is 2. The Kier molecular flexibility index (Phi) is 3.12. The SMILES string of the molecule is O=C(Nc1c(O)ccc2c1Cc1ccccc1-2)c1ccccc1. The van der Waals surface area contributed by atoms with Gasteiger partial charge in [0.1, 0.15) is 5.75 Å². The van der Waals surface area contributed by atoms with Crippen molar-refractivity contribution < 1.29 is 9.90 Å². The Balaban J connectivity index is 1.75. The quantitative estimate of drug-likeness (QED) is 0.545. The molecule has 0 aromatic heterocycles. The fourth-order valence-electron chi connectivity index (χ4n) is 3.11. The number of anilines is 1. The van der Waals surface area contributed by atoms with Crippen LogP contribution in [-0.4, -0.2) is 11.0 Å². The zero-order valence-electron chi connectivity index (χ0n) is 12.4. The highest BCUT2D eigenvalue weighted by Crippen LogP contribution is 2.43. The zero-order chi connectivity index (χ0) is 15.8. The van der Waals surface area contributed by atoms with Crippen molar-refractivity contribution in [2.45, 2.75) is 6.42 Å². The first-order valence-corrected chi connectivity index (χ1v) is 7.53. The summed E-state index contributed by atoms with van der Waals surface area (Å²) in [5, 5.41) is 13.1. The smallest absolute Gasteiger partial charge is 0.255 e. The zero-order valence-corrected chi connectivity index (χ0v) is 12.4. The molecule has 0 atom stereocenters. The fourth-order valence-corrected chi connectivity index (χ4v) is 3.11. The first kappa shape index (κ1) is 13.6. The van der Waals surface area contributed by atoms with Gasteiger partial charge >= 0.3 is 0 Å². The molecular weight excluding hydrogens is 286 g/mol. The standard InChI is InChI=1S/C20H15NO2/c22-18-11-10-16-15-9-5-4-8-14(15)12-17(16)19(18)21-20(23)13-6-2-1-3-7-13/h1-11,22H,12H2,(H,21,23). The summed E-state index contributed by atoms with van der Waals surface area (Å²) < 4.78 is 0. The molecule has 0 radical (unpaired) electrons. The molecule has 0 aliphatic heterocycles. The third-order valence-corrected chi connectivity index (χ3v) is 4.24. The summed E-state index contributed by atoms with van der Waals surface area (Å²) in [7, 11) is 0. The van der Waals surface area contributed by atoms with Crippen LogP contribution in [0.4, 0.5) is 5.69 Å². The maximum Gasteiger partial charge on any atom is 0.255 e. The molecule has 4 rings (SSSR count). The van der Waals surface area contributed by atoms with Gasteiger partial charge in [0.2, 0.25) is 0 Å². The van der Waals surface area contributed by atoms with Gasteiger partial charge in [0, 0.05) is 12.0 Å². The van der Waals surface area contributed by atoms with Crippen LogP contribution in [-0.2, 0) is 6.42 Å². The molecule has 3 aromatic carbocycles. The highest BCUT2D eigenvalue weighted by atomic mass is 16.3. The van der Waals surface area contributed by atoms with Crippen LogP contribution in [0.25, 0.3) is 11.1 Å². The van der Waals surface area contributed by atoms with Gasteiger partial charge in [0.05, 0.1) is 5.69 Å². The van der Waals surface area contributed by atoms with E-state index in [0.29, 0.717) is 17.7 Å². The monoisotopic (exact) mass is 301 g/mol. The number of fused-ring (bicyclic) bond motifs is 3. The largest absolute Gasteiger partial charge is 0.506 e. The second kappa shape index (κ2) is 5.29. The fraction of sp³-hybridized carbons (Fsp3) is 0.0500. The van der Waals surface area contributed by atoms with Gasteiger partial charge < -0.3 is 10.4 Å². The number of rotatable bonds is 2. The molecule has 0 unspecified atom stereocenters. The number of phenolic OH excluding ortho intramolecular Hbond substituents is 1. The maximum absolute atomic E-state index is 12.4. The van der Waals surface area contributed by atoms with Crippen LogP contribution in [0.3, 0.4) is 0 Å². The lowest BCUT2D eigenvalue weighted by molar-refractivity contribution is 0.102. The van der Waals surface area contributed by atoms with E-state index >= 15 is 0 Å². The molecule has 3 nitrogen and oxygen atoms in total. The minimum Gasteiger partial charge on any atom is -0.506 e. The molecule has 1 amide bonds. The summed E-state index contributed by atoms with van der Waals surface area (Å²) in [6.45, 7) is 0. The molecule has 3 heteroatoms. The van der Waals surface area contributed by atoms with Gasteiger partial charge in [-0.2, -0.15) is 0 Å². The van der Waals surface area contributed by atoms with Gasteiger partial charge in [0.25, 0.3) is 5.91 Å². The number of carbonyl (C=O) groups is 1. The molecule has 3 aromatic rings. The Bertz CT molecular complexity index is 901. The van der Waals surface area contributed by atoms with Crippen LogP contribution < -0.4 is 5.32 Å². The van der Waals surface area contributed by atoms with Gasteiger partial charge in [-0.05, 0) is 40.5 Å². The Hall–Kier alpha value is -3.07. The van der Waals surface area contributed by atoms with Gasteiger partial charge in [-0.25, -0.2) is 0 Å². The summed E-state index contributed by atoms with van der Waals surface area (Å²) >= 11 is 0. The molecular formula is C20H15NO2. The molecule has 23 heavy (non-hydrogen) atoms. The van der Waals surface area contributed by atoms with E-state index in [9.17, 15) is 9.90 Å². The number of carbonyl (C=O) groups excluding carboxylic acids is 1. The predicted octanol–water partition coefficient (Wildman–Crippen LogP) is 4.22. The van der Waals surface area contributed by atoms with Crippen LogP contribution in [0.15, 0.2) is 66.7 Å². The van der Waals surface area contributed by atoms with Gasteiger partial charge in [-0.15, -0.1) is 0 Å². The Morgan fingerprint density at radius 3 is 2.43 bits per heavy atom. The summed E-state index contributed by atoms with van der Waals surface area (Å²) in [5.74, 6) is -0.119. The number of aromatic hydroxyl groups is 1. The molecule has 1 aliphatic carbocycles. The Morgan fingerprint density at radius 1 is 0.870 bits per heavy atom. The second-order valence-electron chi connectivity index (χ2n) is 5.64. The third kappa shape index (κ3) is 2.27. The molecule has 2 N–H and O–H groups in total. The lowest BCUT2D eigenvalue weighted by Crippen LogP contribution is -2.13. The number of amides is 1. The molecule has 0 spiro atoms. The second-order valence-corrected chi connectivity index (χ2v) is 5.64. The number of benzene rings is 3. The number of nitrogens with one attached hydrogen (secondary N) is 1. The van der Waals surface area contributed by atoms with E-state index < -0.39 is 0 Å². The van der Waals surface area contributed by atoms with Crippen molar-refractivity contribution in [3.05, 3.63) is 83.4 Å². The van der Waals surface area contributed by atoms with Crippen molar-refractivity contribution in [3.8, 4) is 16.9 Å². The summed E-state index contributed by atoms with van der Waals surface area (Å²) in [4.78, 5) is 12.4. The van der Waals surface area contributed by atoms with Crippen LogP contribution in [0.5, 0.6) is 5.75 Å². The summed E-state index contributed by atoms with van der Waals surface area (Å²) in [6.07, 6.45) is 0.713. The summed E-state index contributed by atoms with van der Waals surface area (Å²) in [6, 6.07) is 20.7. The normalized spacial score (nSPS) is 11.7. The topological polar surface area (TPSA) is 49.3 Å². The molecule has 112 valence electrons. The van der Waals surface area contributed by atoms with Crippen LogP contribution >= 0.6 is 0 Å². The van der Waals surface area contributed by atoms with E-state index in [4.69, 9.17) is 0 Å². The summed E-state index contributed by atoms with van der Waals surface area (Å²) in [5.41, 5.74) is 5.49. The molecule has 1 aliphatic rings. The highest BCUT2D eigenvalue weighted by Gasteiger charge is 2.23. The number of phenols is 1.